The van der Waals surface area contributed by atoms with Gasteiger partial charge < -0.3 is 5.32 Å². The van der Waals surface area contributed by atoms with Crippen molar-refractivity contribution in [1.29, 1.82) is 0 Å². The normalized spacial score (nSPS) is 37.8. The first-order chi connectivity index (χ1) is 8.79. The summed E-state index contributed by atoms with van der Waals surface area (Å²) in [6.07, 6.45) is 11.9. The molecule has 2 nitrogen and oxygen atoms in total. The van der Waals surface area contributed by atoms with Crippen LogP contribution in [0.1, 0.15) is 58.3 Å². The van der Waals surface area contributed by atoms with Gasteiger partial charge in [-0.25, -0.2) is 0 Å². The molecule has 3 fully saturated rings. The maximum Gasteiger partial charge on any atom is 0.0145 e. The lowest BCUT2D eigenvalue weighted by Gasteiger charge is -2.48. The Balaban J connectivity index is 1.55. The number of hydrogen-bond acceptors (Lipinski definition) is 2. The zero-order chi connectivity index (χ0) is 12.4. The molecule has 18 heavy (non-hydrogen) atoms. The van der Waals surface area contributed by atoms with Crippen LogP contribution >= 0.6 is 0 Å². The van der Waals surface area contributed by atoms with Crippen LogP contribution < -0.4 is 5.32 Å². The lowest BCUT2D eigenvalue weighted by molar-refractivity contribution is 0.0225. The molecule has 0 aromatic heterocycles. The third kappa shape index (κ3) is 2.60. The highest BCUT2D eigenvalue weighted by Gasteiger charge is 2.38. The van der Waals surface area contributed by atoms with Crippen molar-refractivity contribution in [3.05, 3.63) is 0 Å². The molecule has 2 heterocycles. The molecule has 104 valence electrons. The van der Waals surface area contributed by atoms with Gasteiger partial charge in [0.25, 0.3) is 0 Å². The molecule has 1 aliphatic carbocycles. The fourth-order valence-electron chi connectivity index (χ4n) is 4.67. The van der Waals surface area contributed by atoms with Crippen LogP contribution in [0.3, 0.4) is 0 Å². The standard InChI is InChI=1S/C16H30N2/c1-14-13-17-10-5-15(14)18-11-8-16(9-12-18)6-3-2-4-7-16/h14-15,17H,2-13H2,1H3. The monoisotopic (exact) mass is 250 g/mol. The van der Waals surface area contributed by atoms with Crippen molar-refractivity contribution in [3.8, 4) is 0 Å². The van der Waals surface area contributed by atoms with E-state index in [1.807, 2.05) is 0 Å². The first-order valence-corrected chi connectivity index (χ1v) is 8.24. The Morgan fingerprint density at radius 1 is 1.00 bits per heavy atom. The van der Waals surface area contributed by atoms with E-state index in [4.69, 9.17) is 0 Å². The van der Waals surface area contributed by atoms with Crippen molar-refractivity contribution < 1.29 is 0 Å². The molecular formula is C16H30N2. The molecule has 1 spiro atoms. The summed E-state index contributed by atoms with van der Waals surface area (Å²) in [5, 5.41) is 3.53. The molecule has 2 unspecified atom stereocenters. The smallest absolute Gasteiger partial charge is 0.0145 e. The summed E-state index contributed by atoms with van der Waals surface area (Å²) in [7, 11) is 0. The van der Waals surface area contributed by atoms with Crippen molar-refractivity contribution in [3.63, 3.8) is 0 Å². The number of nitrogens with zero attached hydrogens (tertiary/aromatic N) is 1. The molecule has 2 aliphatic heterocycles. The minimum absolute atomic E-state index is 0.769. The van der Waals surface area contributed by atoms with Gasteiger partial charge in [-0.1, -0.05) is 26.2 Å². The minimum Gasteiger partial charge on any atom is -0.316 e. The molecule has 3 aliphatic rings. The molecule has 2 atom stereocenters. The SMILES string of the molecule is CC1CNCCC1N1CCC2(CCCCC2)CC1. The number of piperidine rings is 2. The van der Waals surface area contributed by atoms with Crippen molar-refractivity contribution in [1.82, 2.24) is 10.2 Å². The van der Waals surface area contributed by atoms with Crippen LogP contribution in [0.15, 0.2) is 0 Å². The first kappa shape index (κ1) is 12.9. The average molecular weight is 250 g/mol. The summed E-state index contributed by atoms with van der Waals surface area (Å²) >= 11 is 0. The molecule has 0 bridgehead atoms. The average Bonchev–Trinajstić information content (AvgIpc) is 2.42. The zero-order valence-electron chi connectivity index (χ0n) is 12.1. The van der Waals surface area contributed by atoms with Gasteiger partial charge >= 0.3 is 0 Å². The van der Waals surface area contributed by atoms with Crippen LogP contribution in [-0.2, 0) is 0 Å². The summed E-state index contributed by atoms with van der Waals surface area (Å²) in [6, 6.07) is 0.868. The second kappa shape index (κ2) is 5.50. The first-order valence-electron chi connectivity index (χ1n) is 8.24. The van der Waals surface area contributed by atoms with Crippen molar-refractivity contribution in [2.75, 3.05) is 26.2 Å². The molecule has 0 amide bonds. The molecular weight excluding hydrogens is 220 g/mol. The van der Waals surface area contributed by atoms with Crippen LogP contribution in [0, 0.1) is 11.3 Å². The fraction of sp³-hybridized carbons (Fsp3) is 1.00. The molecule has 1 N–H and O–H groups in total. The Kier molecular flexibility index (Phi) is 3.95. The van der Waals surface area contributed by atoms with Gasteiger partial charge in [0.2, 0.25) is 0 Å². The highest BCUT2D eigenvalue weighted by molar-refractivity contribution is 4.92. The van der Waals surface area contributed by atoms with Gasteiger partial charge in [0, 0.05) is 6.04 Å². The topological polar surface area (TPSA) is 15.3 Å². The van der Waals surface area contributed by atoms with E-state index < -0.39 is 0 Å². The summed E-state index contributed by atoms with van der Waals surface area (Å²) in [4.78, 5) is 2.82. The highest BCUT2D eigenvalue weighted by atomic mass is 15.2. The van der Waals surface area contributed by atoms with Gasteiger partial charge in [-0.15, -0.1) is 0 Å². The zero-order valence-corrected chi connectivity index (χ0v) is 12.1. The fourth-order valence-corrected chi connectivity index (χ4v) is 4.67. The van der Waals surface area contributed by atoms with Crippen LogP contribution in [-0.4, -0.2) is 37.1 Å². The highest BCUT2D eigenvalue weighted by Crippen LogP contribution is 2.45. The van der Waals surface area contributed by atoms with Gasteiger partial charge in [0.05, 0.1) is 0 Å². The maximum atomic E-state index is 3.53. The van der Waals surface area contributed by atoms with E-state index in [1.165, 1.54) is 77.5 Å². The van der Waals surface area contributed by atoms with Crippen molar-refractivity contribution in [2.45, 2.75) is 64.3 Å². The molecule has 2 heteroatoms. The van der Waals surface area contributed by atoms with E-state index in [1.54, 1.807) is 0 Å². The summed E-state index contributed by atoms with van der Waals surface area (Å²) in [5.41, 5.74) is 0.769. The summed E-state index contributed by atoms with van der Waals surface area (Å²) in [6.45, 7) is 7.66. The third-order valence-corrected chi connectivity index (χ3v) is 5.98. The second-order valence-electron chi connectivity index (χ2n) is 7.13. The number of likely N-dealkylation sites (tertiary alicyclic amines) is 1. The Hall–Kier alpha value is -0.0800. The molecule has 2 saturated heterocycles. The maximum absolute atomic E-state index is 3.53. The second-order valence-corrected chi connectivity index (χ2v) is 7.13. The third-order valence-electron chi connectivity index (χ3n) is 5.98. The predicted molar refractivity (Wildman–Crippen MR) is 76.8 cm³/mol. The van der Waals surface area contributed by atoms with Crippen LogP contribution in [0.4, 0.5) is 0 Å². The van der Waals surface area contributed by atoms with Gasteiger partial charge in [-0.2, -0.15) is 0 Å². The van der Waals surface area contributed by atoms with Crippen molar-refractivity contribution in [2.24, 2.45) is 11.3 Å². The Bertz CT molecular complexity index is 260. The van der Waals surface area contributed by atoms with Crippen LogP contribution in [0.25, 0.3) is 0 Å². The largest absolute Gasteiger partial charge is 0.316 e. The molecule has 3 rings (SSSR count). The predicted octanol–water partition coefficient (Wildman–Crippen LogP) is 3.03. The van der Waals surface area contributed by atoms with E-state index in [9.17, 15) is 0 Å². The number of nitrogens with one attached hydrogen (secondary N) is 1. The van der Waals surface area contributed by atoms with E-state index in [0.29, 0.717) is 0 Å². The molecule has 0 radical (unpaired) electrons. The van der Waals surface area contributed by atoms with Gasteiger partial charge in [0.1, 0.15) is 0 Å². The lowest BCUT2D eigenvalue weighted by Crippen LogP contribution is -2.52. The van der Waals surface area contributed by atoms with Crippen LogP contribution in [0.2, 0.25) is 0 Å². The molecule has 0 aromatic carbocycles. The van der Waals surface area contributed by atoms with E-state index >= 15 is 0 Å². The Morgan fingerprint density at radius 3 is 2.39 bits per heavy atom. The number of hydrogen-bond donors (Lipinski definition) is 1. The lowest BCUT2D eigenvalue weighted by atomic mass is 9.68. The molecule has 0 aromatic rings. The van der Waals surface area contributed by atoms with E-state index in [-0.39, 0.29) is 0 Å². The van der Waals surface area contributed by atoms with Gasteiger partial charge in [-0.3, -0.25) is 4.90 Å². The molecule has 1 saturated carbocycles. The quantitative estimate of drug-likeness (QED) is 0.769. The van der Waals surface area contributed by atoms with Crippen LogP contribution in [0.5, 0.6) is 0 Å². The van der Waals surface area contributed by atoms with Crippen molar-refractivity contribution >= 4 is 0 Å². The minimum atomic E-state index is 0.769. The summed E-state index contributed by atoms with van der Waals surface area (Å²) < 4.78 is 0. The van der Waals surface area contributed by atoms with Gasteiger partial charge in [0.15, 0.2) is 0 Å². The van der Waals surface area contributed by atoms with Gasteiger partial charge in [-0.05, 0) is 69.6 Å². The Morgan fingerprint density at radius 2 is 1.72 bits per heavy atom. The Labute approximate surface area is 113 Å². The van der Waals surface area contributed by atoms with E-state index in [2.05, 4.69) is 17.1 Å². The summed E-state index contributed by atoms with van der Waals surface area (Å²) in [5.74, 6) is 0.846. The number of rotatable bonds is 1. The van der Waals surface area contributed by atoms with E-state index in [0.717, 1.165) is 17.4 Å².